The standard InChI is InChI=1S/C18H30O5S.Na.H/c1-4-6-7-8-9-10-11-17-12-14-18(15-13-17)22-23-24(19,20)16(3)21-5-2;;/h12-16H,4-11H2,1-3H3;;. The van der Waals surface area contributed by atoms with E-state index >= 15 is 0 Å². The molecule has 0 aliphatic heterocycles. The summed E-state index contributed by atoms with van der Waals surface area (Å²) in [4.78, 5) is 4.90. The Morgan fingerprint density at radius 2 is 1.56 bits per heavy atom. The number of ether oxygens (including phenoxy) is 1. The topological polar surface area (TPSA) is 61.8 Å². The third-order valence-electron chi connectivity index (χ3n) is 3.78. The van der Waals surface area contributed by atoms with Crippen molar-refractivity contribution in [3.05, 3.63) is 29.8 Å². The molecule has 0 aromatic heterocycles. The van der Waals surface area contributed by atoms with E-state index in [9.17, 15) is 8.42 Å². The third kappa shape index (κ3) is 10.6. The predicted octanol–water partition coefficient (Wildman–Crippen LogP) is 3.96. The van der Waals surface area contributed by atoms with Gasteiger partial charge in [0, 0.05) is 6.61 Å². The Labute approximate surface area is 174 Å². The summed E-state index contributed by atoms with van der Waals surface area (Å²) in [7, 11) is -3.90. The zero-order chi connectivity index (χ0) is 17.8. The first-order valence-corrected chi connectivity index (χ1v) is 10.3. The molecule has 0 saturated heterocycles. The number of rotatable bonds is 13. The Morgan fingerprint density at radius 1 is 0.960 bits per heavy atom. The number of unbranched alkanes of at least 4 members (excludes halogenated alkanes) is 5. The molecule has 7 heteroatoms. The molecule has 1 aromatic carbocycles. The zero-order valence-electron chi connectivity index (χ0n) is 15.0. The van der Waals surface area contributed by atoms with E-state index in [4.69, 9.17) is 9.62 Å². The second kappa shape index (κ2) is 14.0. The van der Waals surface area contributed by atoms with Crippen molar-refractivity contribution in [1.29, 1.82) is 0 Å². The summed E-state index contributed by atoms with van der Waals surface area (Å²) >= 11 is 0. The Balaban J connectivity index is 0.00000576. The van der Waals surface area contributed by atoms with Gasteiger partial charge < -0.3 is 9.62 Å². The van der Waals surface area contributed by atoms with E-state index in [1.54, 1.807) is 19.1 Å². The quantitative estimate of drug-likeness (QED) is 0.224. The molecule has 0 saturated carbocycles. The van der Waals surface area contributed by atoms with Crippen LogP contribution in [0.25, 0.3) is 0 Å². The van der Waals surface area contributed by atoms with Crippen LogP contribution in [0.4, 0.5) is 0 Å². The zero-order valence-corrected chi connectivity index (χ0v) is 15.8. The van der Waals surface area contributed by atoms with Gasteiger partial charge in [-0.25, -0.2) is 0 Å². The average molecular weight is 382 g/mol. The van der Waals surface area contributed by atoms with Gasteiger partial charge in [0.05, 0.1) is 0 Å². The van der Waals surface area contributed by atoms with Crippen LogP contribution in [0.1, 0.15) is 64.9 Å². The predicted molar refractivity (Wildman–Crippen MR) is 102 cm³/mol. The van der Waals surface area contributed by atoms with Gasteiger partial charge in [0.15, 0.2) is 11.2 Å². The number of aryl methyl sites for hydroxylation is 1. The minimum absolute atomic E-state index is 0. The molecule has 0 radical (unpaired) electrons. The van der Waals surface area contributed by atoms with Crippen LogP contribution in [-0.4, -0.2) is 50.0 Å². The van der Waals surface area contributed by atoms with E-state index in [0.717, 1.165) is 6.42 Å². The molecule has 0 N–H and O–H groups in total. The fourth-order valence-electron chi connectivity index (χ4n) is 2.28. The fourth-order valence-corrected chi connectivity index (χ4v) is 2.87. The minimum atomic E-state index is -3.90. The van der Waals surface area contributed by atoms with Gasteiger partial charge in [0.2, 0.25) is 0 Å². The molecule has 0 spiro atoms. The van der Waals surface area contributed by atoms with Crippen LogP contribution in [0.5, 0.6) is 5.75 Å². The number of hydrogen-bond donors (Lipinski definition) is 0. The molecule has 1 rings (SSSR count). The normalized spacial score (nSPS) is 12.4. The molecule has 0 fully saturated rings. The van der Waals surface area contributed by atoms with Gasteiger partial charge in [-0.05, 0) is 44.4 Å². The van der Waals surface area contributed by atoms with Crippen molar-refractivity contribution in [1.82, 2.24) is 0 Å². The van der Waals surface area contributed by atoms with E-state index < -0.39 is 15.6 Å². The van der Waals surface area contributed by atoms with Crippen molar-refractivity contribution in [2.45, 2.75) is 71.2 Å². The average Bonchev–Trinajstić information content (AvgIpc) is 2.57. The summed E-state index contributed by atoms with van der Waals surface area (Å²) < 4.78 is 33.0. The summed E-state index contributed by atoms with van der Waals surface area (Å²) in [5.41, 5.74) is 0.151. The van der Waals surface area contributed by atoms with Gasteiger partial charge in [0.25, 0.3) is 0 Å². The summed E-state index contributed by atoms with van der Waals surface area (Å²) in [6, 6.07) is 7.30. The van der Waals surface area contributed by atoms with Crippen LogP contribution in [0.2, 0.25) is 0 Å². The monoisotopic (exact) mass is 382 g/mol. The molecule has 140 valence electrons. The molecule has 0 heterocycles. The molecule has 25 heavy (non-hydrogen) atoms. The Kier molecular flexibility index (Phi) is 13.9. The molecule has 0 aliphatic carbocycles. The van der Waals surface area contributed by atoms with Crippen LogP contribution in [0.15, 0.2) is 24.3 Å². The second-order valence-corrected chi connectivity index (χ2v) is 7.61. The van der Waals surface area contributed by atoms with Crippen molar-refractivity contribution in [2.24, 2.45) is 0 Å². The molecule has 0 aliphatic rings. The van der Waals surface area contributed by atoms with Crippen molar-refractivity contribution in [3.63, 3.8) is 0 Å². The van der Waals surface area contributed by atoms with Gasteiger partial charge in [-0.3, -0.25) is 0 Å². The molecular weight excluding hydrogens is 351 g/mol. The molecule has 0 bridgehead atoms. The van der Waals surface area contributed by atoms with Gasteiger partial charge in [-0.2, -0.15) is 8.42 Å². The SMILES string of the molecule is CCCCCCCCc1ccc(OOS(=O)(=O)C(C)OCC)cc1.[NaH]. The molecule has 1 atom stereocenters. The first-order valence-electron chi connectivity index (χ1n) is 8.80. The van der Waals surface area contributed by atoms with Gasteiger partial charge in [0.1, 0.15) is 0 Å². The molecule has 1 aromatic rings. The van der Waals surface area contributed by atoms with E-state index in [-0.39, 0.29) is 36.2 Å². The van der Waals surface area contributed by atoms with Crippen molar-refractivity contribution < 1.29 is 22.4 Å². The van der Waals surface area contributed by atoms with Crippen LogP contribution in [0, 0.1) is 0 Å². The molecule has 5 nitrogen and oxygen atoms in total. The Morgan fingerprint density at radius 3 is 2.16 bits per heavy atom. The summed E-state index contributed by atoms with van der Waals surface area (Å²) in [6.07, 6.45) is 8.62. The van der Waals surface area contributed by atoms with Crippen molar-refractivity contribution in [2.75, 3.05) is 6.61 Å². The van der Waals surface area contributed by atoms with Crippen molar-refractivity contribution in [3.8, 4) is 5.75 Å². The molecular formula is C18H31NaO5S. The summed E-state index contributed by atoms with van der Waals surface area (Å²) in [5.74, 6) is 0.356. The fraction of sp³-hybridized carbons (Fsp3) is 0.667. The van der Waals surface area contributed by atoms with Gasteiger partial charge in [-0.15, -0.1) is 0 Å². The van der Waals surface area contributed by atoms with Crippen LogP contribution >= 0.6 is 0 Å². The molecule has 1 unspecified atom stereocenters. The first kappa shape index (κ1) is 24.9. The van der Waals surface area contributed by atoms with Crippen LogP contribution < -0.4 is 4.89 Å². The second-order valence-electron chi connectivity index (χ2n) is 5.83. The summed E-state index contributed by atoms with van der Waals surface area (Å²) in [5, 5.41) is 0. The third-order valence-corrected chi connectivity index (χ3v) is 4.98. The van der Waals surface area contributed by atoms with E-state index in [0.29, 0.717) is 5.75 Å². The first-order chi connectivity index (χ1) is 11.5. The van der Waals surface area contributed by atoms with E-state index in [1.807, 2.05) is 12.1 Å². The maximum atomic E-state index is 11.7. The van der Waals surface area contributed by atoms with Crippen LogP contribution in [-0.2, 0) is 25.6 Å². The Bertz CT molecular complexity index is 545. The van der Waals surface area contributed by atoms with E-state index in [1.165, 1.54) is 51.0 Å². The van der Waals surface area contributed by atoms with E-state index in [2.05, 4.69) is 11.3 Å². The van der Waals surface area contributed by atoms with Crippen molar-refractivity contribution >= 4 is 39.7 Å². The molecule has 0 amide bonds. The number of benzene rings is 1. The van der Waals surface area contributed by atoms with Crippen LogP contribution in [0.3, 0.4) is 0 Å². The Hall–Kier alpha value is -0.110. The maximum absolute atomic E-state index is 11.7. The number of hydrogen-bond acceptors (Lipinski definition) is 5. The van der Waals surface area contributed by atoms with Gasteiger partial charge >= 0.3 is 39.7 Å². The van der Waals surface area contributed by atoms with Gasteiger partial charge in [-0.1, -0.05) is 55.5 Å². The summed E-state index contributed by atoms with van der Waals surface area (Å²) in [6.45, 7) is 5.63.